The van der Waals surface area contributed by atoms with Gasteiger partial charge in [-0.05, 0) is 11.5 Å². The maximum Gasteiger partial charge on any atom is 0.325 e. The fourth-order valence-corrected chi connectivity index (χ4v) is 1.70. The lowest BCUT2D eigenvalue weighted by atomic mass is 10.5. The van der Waals surface area contributed by atoms with E-state index < -0.39 is 0 Å². The standard InChI is InChI=1S/C5H4N4OS2/c10-5-9(7-3-11-5)2-4-1-6-8-12-4/h1,3H,2H2. The zero-order chi connectivity index (χ0) is 8.39. The van der Waals surface area contributed by atoms with Crippen molar-refractivity contribution in [1.82, 2.24) is 19.4 Å². The molecule has 0 atom stereocenters. The van der Waals surface area contributed by atoms with Crippen molar-refractivity contribution >= 4 is 22.9 Å². The Morgan fingerprint density at radius 3 is 3.08 bits per heavy atom. The Morgan fingerprint density at radius 1 is 1.58 bits per heavy atom. The van der Waals surface area contributed by atoms with Crippen molar-refractivity contribution in [1.29, 1.82) is 0 Å². The Morgan fingerprint density at radius 2 is 2.50 bits per heavy atom. The van der Waals surface area contributed by atoms with E-state index >= 15 is 0 Å². The topological polar surface area (TPSA) is 60.7 Å². The summed E-state index contributed by atoms with van der Waals surface area (Å²) in [5, 5.41) is 7.53. The minimum absolute atomic E-state index is 0.0524. The Hall–Kier alpha value is -1.08. The zero-order valence-corrected chi connectivity index (χ0v) is 7.51. The van der Waals surface area contributed by atoms with Crippen LogP contribution >= 0.6 is 22.9 Å². The first-order valence-corrected chi connectivity index (χ1v) is 4.78. The highest BCUT2D eigenvalue weighted by atomic mass is 32.1. The second-order valence-electron chi connectivity index (χ2n) is 2.05. The van der Waals surface area contributed by atoms with Gasteiger partial charge >= 0.3 is 4.87 Å². The van der Waals surface area contributed by atoms with Crippen LogP contribution in [0.4, 0.5) is 0 Å². The second-order valence-corrected chi connectivity index (χ2v) is 3.71. The van der Waals surface area contributed by atoms with E-state index in [2.05, 4.69) is 14.7 Å². The van der Waals surface area contributed by atoms with Crippen LogP contribution in [0.2, 0.25) is 0 Å². The lowest BCUT2D eigenvalue weighted by molar-refractivity contribution is 0.672. The lowest BCUT2D eigenvalue weighted by Gasteiger charge is -1.91. The van der Waals surface area contributed by atoms with Crippen molar-refractivity contribution in [2.24, 2.45) is 0 Å². The number of aromatic nitrogens is 4. The van der Waals surface area contributed by atoms with E-state index in [1.165, 1.54) is 21.7 Å². The average molecular weight is 200 g/mol. The molecule has 5 nitrogen and oxygen atoms in total. The summed E-state index contributed by atoms with van der Waals surface area (Å²) in [6.07, 6.45) is 1.64. The van der Waals surface area contributed by atoms with Crippen LogP contribution in [0.3, 0.4) is 0 Å². The Balaban J connectivity index is 2.25. The molecule has 0 aliphatic rings. The van der Waals surface area contributed by atoms with Crippen molar-refractivity contribution in [3.63, 3.8) is 0 Å². The summed E-state index contributed by atoms with van der Waals surface area (Å²) < 4.78 is 5.07. The molecule has 62 valence electrons. The van der Waals surface area contributed by atoms with Crippen molar-refractivity contribution in [2.75, 3.05) is 0 Å². The average Bonchev–Trinajstić information content (AvgIpc) is 2.65. The molecule has 0 spiro atoms. The minimum Gasteiger partial charge on any atom is -0.255 e. The molecular weight excluding hydrogens is 196 g/mol. The van der Waals surface area contributed by atoms with E-state index in [0.717, 1.165) is 16.2 Å². The normalized spacial score (nSPS) is 10.3. The minimum atomic E-state index is -0.0524. The molecule has 0 unspecified atom stereocenters. The smallest absolute Gasteiger partial charge is 0.255 e. The summed E-state index contributed by atoms with van der Waals surface area (Å²) in [7, 11) is 0. The fourth-order valence-electron chi connectivity index (χ4n) is 0.744. The summed E-state index contributed by atoms with van der Waals surface area (Å²) in [6, 6.07) is 0. The zero-order valence-electron chi connectivity index (χ0n) is 5.88. The molecule has 0 radical (unpaired) electrons. The molecule has 0 bridgehead atoms. The molecule has 0 aliphatic carbocycles. The van der Waals surface area contributed by atoms with Gasteiger partial charge in [0.05, 0.1) is 17.6 Å². The fraction of sp³-hybridized carbons (Fsp3) is 0.200. The van der Waals surface area contributed by atoms with Crippen LogP contribution in [-0.4, -0.2) is 19.4 Å². The monoisotopic (exact) mass is 200 g/mol. The summed E-state index contributed by atoms with van der Waals surface area (Å²) in [5.41, 5.74) is 1.52. The van der Waals surface area contributed by atoms with E-state index in [1.807, 2.05) is 0 Å². The molecule has 7 heteroatoms. The van der Waals surface area contributed by atoms with Crippen LogP contribution in [0.15, 0.2) is 16.5 Å². The lowest BCUT2D eigenvalue weighted by Crippen LogP contribution is -2.14. The van der Waals surface area contributed by atoms with E-state index in [-0.39, 0.29) is 4.87 Å². The van der Waals surface area contributed by atoms with E-state index in [9.17, 15) is 4.79 Å². The third-order valence-corrected chi connectivity index (χ3v) is 2.52. The number of nitrogens with zero attached hydrogens (tertiary/aromatic N) is 4. The van der Waals surface area contributed by atoms with Crippen LogP contribution < -0.4 is 4.87 Å². The van der Waals surface area contributed by atoms with Crippen molar-refractivity contribution in [3.05, 3.63) is 26.3 Å². The summed E-state index contributed by atoms with van der Waals surface area (Å²) in [6.45, 7) is 0.472. The quantitative estimate of drug-likeness (QED) is 0.695. The third kappa shape index (κ3) is 1.41. The Bertz CT molecular complexity index is 403. The van der Waals surface area contributed by atoms with Gasteiger partial charge in [-0.25, -0.2) is 4.68 Å². The summed E-state index contributed by atoms with van der Waals surface area (Å²) >= 11 is 2.36. The van der Waals surface area contributed by atoms with Gasteiger partial charge in [0, 0.05) is 0 Å². The highest BCUT2D eigenvalue weighted by Gasteiger charge is 2.01. The molecular formula is C5H4N4OS2. The van der Waals surface area contributed by atoms with Gasteiger partial charge in [0.1, 0.15) is 5.51 Å². The van der Waals surface area contributed by atoms with Gasteiger partial charge < -0.3 is 0 Å². The maximum absolute atomic E-state index is 11.0. The Labute approximate surface area is 75.5 Å². The van der Waals surface area contributed by atoms with Gasteiger partial charge in [0.25, 0.3) is 0 Å². The first-order valence-electron chi connectivity index (χ1n) is 3.13. The molecule has 12 heavy (non-hydrogen) atoms. The number of hydrogen-bond acceptors (Lipinski definition) is 6. The molecule has 0 aromatic carbocycles. The molecule has 2 rings (SSSR count). The van der Waals surface area contributed by atoms with Crippen LogP contribution in [0.5, 0.6) is 0 Å². The number of hydrogen-bond donors (Lipinski definition) is 0. The van der Waals surface area contributed by atoms with Crippen molar-refractivity contribution in [3.8, 4) is 0 Å². The van der Waals surface area contributed by atoms with Gasteiger partial charge in [-0.3, -0.25) is 4.79 Å². The van der Waals surface area contributed by atoms with Crippen LogP contribution in [0.1, 0.15) is 4.88 Å². The van der Waals surface area contributed by atoms with Gasteiger partial charge in [-0.1, -0.05) is 15.8 Å². The summed E-state index contributed by atoms with van der Waals surface area (Å²) in [5.74, 6) is 0. The van der Waals surface area contributed by atoms with Gasteiger partial charge in [0.15, 0.2) is 0 Å². The Kier molecular flexibility index (Phi) is 1.96. The highest BCUT2D eigenvalue weighted by molar-refractivity contribution is 7.06. The van der Waals surface area contributed by atoms with E-state index in [1.54, 1.807) is 6.20 Å². The molecule has 0 fully saturated rings. The van der Waals surface area contributed by atoms with Gasteiger partial charge in [-0.2, -0.15) is 5.10 Å². The second kappa shape index (κ2) is 3.11. The van der Waals surface area contributed by atoms with E-state index in [4.69, 9.17) is 0 Å². The first kappa shape index (κ1) is 7.56. The predicted molar refractivity (Wildman–Crippen MR) is 45.4 cm³/mol. The summed E-state index contributed by atoms with van der Waals surface area (Å²) in [4.78, 5) is 11.9. The largest absolute Gasteiger partial charge is 0.325 e. The SMILES string of the molecule is O=c1scnn1Cc1cnns1. The predicted octanol–water partition coefficient (Wildman–Crippen LogP) is 0.205. The molecule has 2 aromatic rings. The van der Waals surface area contributed by atoms with E-state index in [0.29, 0.717) is 6.54 Å². The molecule has 0 saturated heterocycles. The first-order chi connectivity index (χ1) is 5.86. The highest BCUT2D eigenvalue weighted by Crippen LogP contribution is 2.02. The molecule has 0 aliphatic heterocycles. The molecule has 0 saturated carbocycles. The van der Waals surface area contributed by atoms with Crippen molar-refractivity contribution in [2.45, 2.75) is 6.54 Å². The third-order valence-electron chi connectivity index (χ3n) is 1.26. The molecule has 0 N–H and O–H groups in total. The molecule has 2 heterocycles. The van der Waals surface area contributed by atoms with Crippen LogP contribution in [-0.2, 0) is 6.54 Å². The van der Waals surface area contributed by atoms with Gasteiger partial charge in [-0.15, -0.1) is 5.10 Å². The van der Waals surface area contributed by atoms with Crippen LogP contribution in [0.25, 0.3) is 0 Å². The maximum atomic E-state index is 11.0. The van der Waals surface area contributed by atoms with Crippen LogP contribution in [0, 0.1) is 0 Å². The van der Waals surface area contributed by atoms with Gasteiger partial charge in [0.2, 0.25) is 0 Å². The molecule has 0 amide bonds. The number of rotatable bonds is 2. The van der Waals surface area contributed by atoms with Crippen molar-refractivity contribution < 1.29 is 0 Å². The molecule has 2 aromatic heterocycles.